The fourth-order valence-electron chi connectivity index (χ4n) is 0.760. The number of rotatable bonds is 2. The number of nitrogens with one attached hydrogen (secondary N) is 1. The summed E-state index contributed by atoms with van der Waals surface area (Å²) in [5, 5.41) is 7.13. The molecule has 1 aromatic rings. The fourth-order valence-corrected chi connectivity index (χ4v) is 0.760. The number of hydrogen-bond acceptors (Lipinski definition) is 3. The van der Waals surface area contributed by atoms with Crippen molar-refractivity contribution >= 4 is 0 Å². The van der Waals surface area contributed by atoms with Crippen LogP contribution >= 0.6 is 0 Å². The van der Waals surface area contributed by atoms with Gasteiger partial charge in [-0.1, -0.05) is 0 Å². The molecule has 0 aromatic carbocycles. The molecule has 0 unspecified atom stereocenters. The van der Waals surface area contributed by atoms with Crippen LogP contribution in [0, 0.1) is 6.92 Å². The summed E-state index contributed by atoms with van der Waals surface area (Å²) in [5.74, 6) is 1.80. The molecule has 0 atom stereocenters. The fraction of sp³-hybridized carbons (Fsp3) is 0.667. The molecule has 10 heavy (non-hydrogen) atoms. The third-order valence-electron chi connectivity index (χ3n) is 1.36. The Morgan fingerprint density at radius 2 is 2.30 bits per heavy atom. The molecule has 1 heterocycles. The normalized spacial score (nSPS) is 10.3. The Morgan fingerprint density at radius 1 is 1.60 bits per heavy atom. The molecule has 0 fully saturated rings. The van der Waals surface area contributed by atoms with Crippen molar-refractivity contribution < 1.29 is 0 Å². The summed E-state index contributed by atoms with van der Waals surface area (Å²) >= 11 is 0. The van der Waals surface area contributed by atoms with Crippen LogP contribution in [0.3, 0.4) is 0 Å². The van der Waals surface area contributed by atoms with Crippen molar-refractivity contribution in [3.8, 4) is 0 Å². The van der Waals surface area contributed by atoms with Crippen LogP contribution < -0.4 is 5.32 Å². The maximum atomic E-state index is 4.19. The van der Waals surface area contributed by atoms with Gasteiger partial charge in [-0.05, 0) is 14.0 Å². The Hall–Kier alpha value is -0.900. The molecular weight excluding hydrogens is 128 g/mol. The van der Waals surface area contributed by atoms with Gasteiger partial charge in [-0.2, -0.15) is 5.10 Å². The van der Waals surface area contributed by atoms with E-state index in [4.69, 9.17) is 0 Å². The molecule has 0 bridgehead atoms. The van der Waals surface area contributed by atoms with Crippen LogP contribution in [0.5, 0.6) is 0 Å². The van der Waals surface area contributed by atoms with Gasteiger partial charge in [0.1, 0.15) is 5.82 Å². The molecule has 4 heteroatoms. The third-order valence-corrected chi connectivity index (χ3v) is 1.36. The zero-order chi connectivity index (χ0) is 7.56. The van der Waals surface area contributed by atoms with Crippen LogP contribution in [-0.2, 0) is 13.6 Å². The molecule has 1 aromatic heterocycles. The van der Waals surface area contributed by atoms with Gasteiger partial charge in [-0.25, -0.2) is 4.98 Å². The quantitative estimate of drug-likeness (QED) is 0.621. The average molecular weight is 140 g/mol. The zero-order valence-electron chi connectivity index (χ0n) is 6.55. The van der Waals surface area contributed by atoms with Crippen LogP contribution in [0.2, 0.25) is 0 Å². The molecule has 56 valence electrons. The molecule has 0 radical (unpaired) electrons. The Bertz CT molecular complexity index is 196. The van der Waals surface area contributed by atoms with Gasteiger partial charge in [0.05, 0.1) is 6.54 Å². The summed E-state index contributed by atoms with van der Waals surface area (Å²) in [4.78, 5) is 4.19. The minimum Gasteiger partial charge on any atom is -0.313 e. The van der Waals surface area contributed by atoms with E-state index >= 15 is 0 Å². The van der Waals surface area contributed by atoms with Crippen molar-refractivity contribution in [3.05, 3.63) is 11.6 Å². The topological polar surface area (TPSA) is 42.7 Å². The minimum absolute atomic E-state index is 0.738. The molecule has 4 nitrogen and oxygen atoms in total. The van der Waals surface area contributed by atoms with Crippen LogP contribution in [0.25, 0.3) is 0 Å². The maximum absolute atomic E-state index is 4.19. The van der Waals surface area contributed by atoms with E-state index < -0.39 is 0 Å². The van der Waals surface area contributed by atoms with Crippen molar-refractivity contribution in [2.24, 2.45) is 7.05 Å². The van der Waals surface area contributed by atoms with Crippen molar-refractivity contribution in [1.29, 1.82) is 0 Å². The molecule has 0 amide bonds. The second kappa shape index (κ2) is 2.79. The standard InChI is InChI=1S/C6H12N4/c1-5-8-6(4-7-2)9-10(5)3/h7H,4H2,1-3H3. The average Bonchev–Trinajstić information content (AvgIpc) is 2.14. The Labute approximate surface area is 60.3 Å². The second-order valence-electron chi connectivity index (χ2n) is 2.23. The predicted molar refractivity (Wildman–Crippen MR) is 38.5 cm³/mol. The summed E-state index contributed by atoms with van der Waals surface area (Å²) in [6, 6.07) is 0. The van der Waals surface area contributed by atoms with E-state index in [0.717, 1.165) is 18.2 Å². The van der Waals surface area contributed by atoms with Gasteiger partial charge in [0.15, 0.2) is 5.82 Å². The lowest BCUT2D eigenvalue weighted by atomic mass is 10.6. The molecule has 1 N–H and O–H groups in total. The summed E-state index contributed by atoms with van der Waals surface area (Å²) in [5.41, 5.74) is 0. The monoisotopic (exact) mass is 140 g/mol. The van der Waals surface area contributed by atoms with E-state index in [-0.39, 0.29) is 0 Å². The van der Waals surface area contributed by atoms with Gasteiger partial charge in [-0.15, -0.1) is 0 Å². The van der Waals surface area contributed by atoms with Gasteiger partial charge in [0, 0.05) is 7.05 Å². The van der Waals surface area contributed by atoms with Gasteiger partial charge < -0.3 is 5.32 Å². The SMILES string of the molecule is CNCc1nc(C)n(C)n1. The molecule has 0 saturated carbocycles. The molecular formula is C6H12N4. The summed E-state index contributed by atoms with van der Waals surface area (Å²) < 4.78 is 1.77. The second-order valence-corrected chi connectivity index (χ2v) is 2.23. The van der Waals surface area contributed by atoms with E-state index in [2.05, 4.69) is 15.4 Å². The zero-order valence-corrected chi connectivity index (χ0v) is 6.55. The molecule has 0 aliphatic rings. The summed E-state index contributed by atoms with van der Waals surface area (Å²) in [6.07, 6.45) is 0. The first-order chi connectivity index (χ1) is 4.74. The maximum Gasteiger partial charge on any atom is 0.164 e. The highest BCUT2D eigenvalue weighted by atomic mass is 15.3. The Morgan fingerprint density at radius 3 is 2.70 bits per heavy atom. The lowest BCUT2D eigenvalue weighted by molar-refractivity contribution is 0.698. The highest BCUT2D eigenvalue weighted by Gasteiger charge is 1.99. The largest absolute Gasteiger partial charge is 0.313 e. The van der Waals surface area contributed by atoms with Gasteiger partial charge in [-0.3, -0.25) is 4.68 Å². The van der Waals surface area contributed by atoms with Crippen molar-refractivity contribution in [2.75, 3.05) is 7.05 Å². The Kier molecular flexibility index (Phi) is 2.01. The number of aryl methyl sites for hydroxylation is 2. The minimum atomic E-state index is 0.738. The number of hydrogen-bond donors (Lipinski definition) is 1. The predicted octanol–water partition coefficient (Wildman–Crippen LogP) is -0.157. The molecule has 0 aliphatic carbocycles. The summed E-state index contributed by atoms with van der Waals surface area (Å²) in [6.45, 7) is 2.67. The highest BCUT2D eigenvalue weighted by Crippen LogP contribution is 1.92. The molecule has 0 spiro atoms. The first kappa shape index (κ1) is 7.21. The smallest absolute Gasteiger partial charge is 0.164 e. The lowest BCUT2D eigenvalue weighted by Crippen LogP contribution is -2.06. The van der Waals surface area contributed by atoms with Crippen molar-refractivity contribution in [3.63, 3.8) is 0 Å². The van der Waals surface area contributed by atoms with E-state index in [1.807, 2.05) is 21.0 Å². The van der Waals surface area contributed by atoms with E-state index in [1.54, 1.807) is 4.68 Å². The van der Waals surface area contributed by atoms with Crippen LogP contribution in [0.15, 0.2) is 0 Å². The molecule has 0 aliphatic heterocycles. The van der Waals surface area contributed by atoms with Gasteiger partial charge in [0.2, 0.25) is 0 Å². The van der Waals surface area contributed by atoms with Crippen molar-refractivity contribution in [1.82, 2.24) is 20.1 Å². The first-order valence-electron chi connectivity index (χ1n) is 3.25. The van der Waals surface area contributed by atoms with Crippen molar-refractivity contribution in [2.45, 2.75) is 13.5 Å². The highest BCUT2D eigenvalue weighted by molar-refractivity contribution is 4.88. The number of nitrogens with zero attached hydrogens (tertiary/aromatic N) is 3. The van der Waals surface area contributed by atoms with Crippen LogP contribution in [0.1, 0.15) is 11.6 Å². The number of aromatic nitrogens is 3. The van der Waals surface area contributed by atoms with E-state index in [9.17, 15) is 0 Å². The lowest BCUT2D eigenvalue weighted by Gasteiger charge is -1.88. The third kappa shape index (κ3) is 1.33. The van der Waals surface area contributed by atoms with E-state index in [1.165, 1.54) is 0 Å². The first-order valence-corrected chi connectivity index (χ1v) is 3.25. The summed E-state index contributed by atoms with van der Waals surface area (Å²) in [7, 11) is 3.77. The Balaban J connectivity index is 2.77. The molecule has 1 rings (SSSR count). The molecule has 0 saturated heterocycles. The van der Waals surface area contributed by atoms with E-state index in [0.29, 0.717) is 0 Å². The van der Waals surface area contributed by atoms with Crippen LogP contribution in [-0.4, -0.2) is 21.8 Å². The van der Waals surface area contributed by atoms with Crippen LogP contribution in [0.4, 0.5) is 0 Å². The van der Waals surface area contributed by atoms with Gasteiger partial charge in [0.25, 0.3) is 0 Å². The van der Waals surface area contributed by atoms with Gasteiger partial charge >= 0.3 is 0 Å².